The number of rotatable bonds is 9. The van der Waals surface area contributed by atoms with E-state index in [9.17, 15) is 0 Å². The third-order valence-electron chi connectivity index (χ3n) is 5.64. The fourth-order valence-corrected chi connectivity index (χ4v) is 3.61. The smallest absolute Gasteiger partial charge is 0.191 e. The molecule has 1 aliphatic heterocycles. The van der Waals surface area contributed by atoms with E-state index in [4.69, 9.17) is 4.99 Å². The van der Waals surface area contributed by atoms with Crippen molar-refractivity contribution in [2.45, 2.75) is 72.1 Å². The van der Waals surface area contributed by atoms with Gasteiger partial charge in [0, 0.05) is 38.3 Å². The molecule has 0 saturated carbocycles. The van der Waals surface area contributed by atoms with Gasteiger partial charge in [-0.05, 0) is 64.8 Å². The van der Waals surface area contributed by atoms with Crippen LogP contribution >= 0.6 is 24.0 Å². The summed E-state index contributed by atoms with van der Waals surface area (Å²) in [6, 6.07) is 9.74. The van der Waals surface area contributed by atoms with Gasteiger partial charge in [-0.3, -0.25) is 4.90 Å². The number of guanidine groups is 1. The summed E-state index contributed by atoms with van der Waals surface area (Å²) in [4.78, 5) is 9.85. The SMILES string of the molecule is CCCN1CCC(NC(=NCc2ccccc2CN(C)C(C)C)NCC)CC1.I. The van der Waals surface area contributed by atoms with Gasteiger partial charge in [0.05, 0.1) is 6.54 Å². The number of nitrogens with one attached hydrogen (secondary N) is 2. The minimum absolute atomic E-state index is 0. The second kappa shape index (κ2) is 14.2. The molecule has 1 aromatic rings. The first-order valence-corrected chi connectivity index (χ1v) is 11.1. The van der Waals surface area contributed by atoms with Gasteiger partial charge in [0.25, 0.3) is 0 Å². The lowest BCUT2D eigenvalue weighted by Gasteiger charge is -2.32. The maximum atomic E-state index is 4.91. The molecule has 0 radical (unpaired) electrons. The molecular weight excluding hydrogens is 473 g/mol. The predicted molar refractivity (Wildman–Crippen MR) is 136 cm³/mol. The quantitative estimate of drug-likeness (QED) is 0.296. The Morgan fingerprint density at radius 3 is 2.41 bits per heavy atom. The van der Waals surface area contributed by atoms with E-state index in [0.717, 1.165) is 19.0 Å². The lowest BCUT2D eigenvalue weighted by atomic mass is 10.1. The van der Waals surface area contributed by atoms with Crippen LogP contribution in [0.5, 0.6) is 0 Å². The highest BCUT2D eigenvalue weighted by Gasteiger charge is 2.19. The van der Waals surface area contributed by atoms with Crippen molar-refractivity contribution in [2.75, 3.05) is 33.2 Å². The first-order valence-electron chi connectivity index (χ1n) is 11.1. The summed E-state index contributed by atoms with van der Waals surface area (Å²) >= 11 is 0. The highest BCUT2D eigenvalue weighted by atomic mass is 127. The van der Waals surface area contributed by atoms with E-state index in [0.29, 0.717) is 18.6 Å². The van der Waals surface area contributed by atoms with E-state index in [1.807, 2.05) is 0 Å². The molecule has 2 rings (SSSR count). The molecular formula is C23H42IN5. The van der Waals surface area contributed by atoms with E-state index >= 15 is 0 Å². The van der Waals surface area contributed by atoms with Crippen molar-refractivity contribution in [3.05, 3.63) is 35.4 Å². The predicted octanol–water partition coefficient (Wildman–Crippen LogP) is 4.07. The molecule has 5 nitrogen and oxygen atoms in total. The van der Waals surface area contributed by atoms with Crippen LogP contribution in [-0.2, 0) is 13.1 Å². The average molecular weight is 516 g/mol. The number of nitrogens with zero attached hydrogens (tertiary/aromatic N) is 3. The third-order valence-corrected chi connectivity index (χ3v) is 5.64. The van der Waals surface area contributed by atoms with Gasteiger partial charge in [-0.1, -0.05) is 31.2 Å². The van der Waals surface area contributed by atoms with Gasteiger partial charge in [0.15, 0.2) is 5.96 Å². The van der Waals surface area contributed by atoms with Crippen molar-refractivity contribution in [2.24, 2.45) is 4.99 Å². The summed E-state index contributed by atoms with van der Waals surface area (Å²) in [5.74, 6) is 0.948. The fraction of sp³-hybridized carbons (Fsp3) is 0.696. The summed E-state index contributed by atoms with van der Waals surface area (Å²) in [6.45, 7) is 15.0. The molecule has 0 amide bonds. The number of piperidine rings is 1. The second-order valence-electron chi connectivity index (χ2n) is 8.23. The molecule has 1 fully saturated rings. The van der Waals surface area contributed by atoms with Gasteiger partial charge in [-0.15, -0.1) is 24.0 Å². The van der Waals surface area contributed by atoms with Crippen LogP contribution in [-0.4, -0.2) is 61.1 Å². The van der Waals surface area contributed by atoms with E-state index in [2.05, 4.69) is 79.4 Å². The van der Waals surface area contributed by atoms with Crippen LogP contribution < -0.4 is 10.6 Å². The summed E-state index contributed by atoms with van der Waals surface area (Å²) in [7, 11) is 2.18. The summed E-state index contributed by atoms with van der Waals surface area (Å²) in [5.41, 5.74) is 2.68. The van der Waals surface area contributed by atoms with E-state index in [-0.39, 0.29) is 24.0 Å². The Kier molecular flexibility index (Phi) is 12.8. The van der Waals surface area contributed by atoms with Crippen molar-refractivity contribution in [1.82, 2.24) is 20.4 Å². The topological polar surface area (TPSA) is 42.9 Å². The molecule has 166 valence electrons. The van der Waals surface area contributed by atoms with Crippen LogP contribution in [0.2, 0.25) is 0 Å². The van der Waals surface area contributed by atoms with Crippen LogP contribution in [0.4, 0.5) is 0 Å². The van der Waals surface area contributed by atoms with Crippen molar-refractivity contribution < 1.29 is 0 Å². The number of hydrogen-bond donors (Lipinski definition) is 2. The van der Waals surface area contributed by atoms with Gasteiger partial charge in [-0.25, -0.2) is 4.99 Å². The number of hydrogen-bond acceptors (Lipinski definition) is 3. The highest BCUT2D eigenvalue weighted by Crippen LogP contribution is 2.14. The minimum Gasteiger partial charge on any atom is -0.357 e. The first-order chi connectivity index (χ1) is 13.5. The molecule has 29 heavy (non-hydrogen) atoms. The van der Waals surface area contributed by atoms with Crippen LogP contribution in [0.25, 0.3) is 0 Å². The van der Waals surface area contributed by atoms with Gasteiger partial charge < -0.3 is 15.5 Å². The Bertz CT molecular complexity index is 597. The maximum Gasteiger partial charge on any atom is 0.191 e. The summed E-state index contributed by atoms with van der Waals surface area (Å²) in [6.07, 6.45) is 3.63. The minimum atomic E-state index is 0. The number of halogens is 1. The van der Waals surface area contributed by atoms with Crippen molar-refractivity contribution in [3.8, 4) is 0 Å². The van der Waals surface area contributed by atoms with E-state index in [1.165, 1.54) is 50.0 Å². The lowest BCUT2D eigenvalue weighted by Crippen LogP contribution is -2.48. The zero-order valence-corrected chi connectivity index (χ0v) is 21.4. The van der Waals surface area contributed by atoms with Gasteiger partial charge in [-0.2, -0.15) is 0 Å². The molecule has 0 spiro atoms. The Balaban J connectivity index is 0.00000420. The van der Waals surface area contributed by atoms with E-state index < -0.39 is 0 Å². The van der Waals surface area contributed by atoms with Crippen LogP contribution in [0, 0.1) is 0 Å². The fourth-order valence-electron chi connectivity index (χ4n) is 3.61. The molecule has 0 aromatic heterocycles. The highest BCUT2D eigenvalue weighted by molar-refractivity contribution is 14.0. The zero-order valence-electron chi connectivity index (χ0n) is 19.1. The van der Waals surface area contributed by atoms with Crippen LogP contribution in [0.15, 0.2) is 29.3 Å². The van der Waals surface area contributed by atoms with Crippen molar-refractivity contribution >= 4 is 29.9 Å². The molecule has 0 aliphatic carbocycles. The molecule has 1 aromatic carbocycles. The molecule has 1 heterocycles. The molecule has 1 aliphatic rings. The largest absolute Gasteiger partial charge is 0.357 e. The average Bonchev–Trinajstić information content (AvgIpc) is 2.69. The summed E-state index contributed by atoms with van der Waals surface area (Å²) < 4.78 is 0. The molecule has 0 unspecified atom stereocenters. The Hall–Kier alpha value is -0.860. The number of benzene rings is 1. The molecule has 2 N–H and O–H groups in total. The van der Waals surface area contributed by atoms with Gasteiger partial charge >= 0.3 is 0 Å². The molecule has 0 bridgehead atoms. The van der Waals surface area contributed by atoms with E-state index in [1.54, 1.807) is 0 Å². The Morgan fingerprint density at radius 2 is 1.83 bits per heavy atom. The summed E-state index contributed by atoms with van der Waals surface area (Å²) in [5, 5.41) is 7.10. The number of likely N-dealkylation sites (tertiary alicyclic amines) is 1. The second-order valence-corrected chi connectivity index (χ2v) is 8.23. The monoisotopic (exact) mass is 515 g/mol. The molecule has 1 saturated heterocycles. The van der Waals surface area contributed by atoms with Crippen LogP contribution in [0.3, 0.4) is 0 Å². The third kappa shape index (κ3) is 9.22. The zero-order chi connectivity index (χ0) is 20.4. The standard InChI is InChI=1S/C23H41N5.HI/c1-6-14-28-15-12-22(13-16-28)26-23(24-7-2)25-17-20-10-8-9-11-21(20)18-27(5)19(3)4;/h8-11,19,22H,6-7,12-18H2,1-5H3,(H2,24,25,26);1H. The molecule has 6 heteroatoms. The Labute approximate surface area is 195 Å². The Morgan fingerprint density at radius 1 is 1.17 bits per heavy atom. The van der Waals surface area contributed by atoms with Crippen molar-refractivity contribution in [3.63, 3.8) is 0 Å². The normalized spacial score (nSPS) is 16.2. The molecule has 0 atom stereocenters. The number of aliphatic imine (C=N–C) groups is 1. The maximum absolute atomic E-state index is 4.91. The van der Waals surface area contributed by atoms with Gasteiger partial charge in [0.1, 0.15) is 0 Å². The van der Waals surface area contributed by atoms with Crippen LogP contribution in [0.1, 0.15) is 58.1 Å². The van der Waals surface area contributed by atoms with Crippen molar-refractivity contribution in [1.29, 1.82) is 0 Å². The lowest BCUT2D eigenvalue weighted by molar-refractivity contribution is 0.206. The first kappa shape index (κ1) is 26.2. The van der Waals surface area contributed by atoms with Gasteiger partial charge in [0.2, 0.25) is 0 Å².